The predicted molar refractivity (Wildman–Crippen MR) is 43.8 cm³/mol. The van der Waals surface area contributed by atoms with Crippen LogP contribution in [0.2, 0.25) is 0 Å². The summed E-state index contributed by atoms with van der Waals surface area (Å²) < 4.78 is 12.8. The molecule has 0 aromatic heterocycles. The fraction of sp³-hybridized carbons (Fsp3) is 0.125. The van der Waals surface area contributed by atoms with Gasteiger partial charge in [-0.25, -0.2) is 4.39 Å². The van der Waals surface area contributed by atoms with E-state index in [0.29, 0.717) is 0 Å². The average molecular weight is 169 g/mol. The molecule has 1 rings (SSSR count). The third-order valence-electron chi connectivity index (χ3n) is 1.31. The Bertz CT molecular complexity index is 262. The number of rotatable bonds is 2. The van der Waals surface area contributed by atoms with Crippen LogP contribution in [0.25, 0.3) is 0 Å². The summed E-state index contributed by atoms with van der Waals surface area (Å²) >= 11 is 3.83. The van der Waals surface area contributed by atoms with Gasteiger partial charge in [-0.1, -0.05) is 18.2 Å². The molecule has 0 heterocycles. The highest BCUT2D eigenvalue weighted by molar-refractivity contribution is 7.81. The van der Waals surface area contributed by atoms with Crippen LogP contribution < -0.4 is 0 Å². The molecule has 0 saturated heterocycles. The molecule has 1 atom stereocenters. The maximum Gasteiger partial charge on any atom is 0.217 e. The lowest BCUT2D eigenvalue weighted by Gasteiger charge is -2.01. The van der Waals surface area contributed by atoms with Gasteiger partial charge in [0.05, 0.1) is 5.25 Å². The van der Waals surface area contributed by atoms with Gasteiger partial charge in [0.15, 0.2) is 0 Å². The highest BCUT2D eigenvalue weighted by atomic mass is 32.1. The molecule has 0 fully saturated rings. The molecule has 0 N–H and O–H groups in total. The van der Waals surface area contributed by atoms with E-state index in [1.807, 2.05) is 0 Å². The minimum absolute atomic E-state index is 0.269. The highest BCUT2D eigenvalue weighted by Crippen LogP contribution is 2.19. The van der Waals surface area contributed by atoms with E-state index in [1.54, 1.807) is 18.4 Å². The number of hydrogen-bond donors (Lipinski definition) is 1. The van der Waals surface area contributed by atoms with Gasteiger partial charge in [-0.15, -0.1) is 0 Å². The molecular weight excluding hydrogens is 163 g/mol. The fourth-order valence-electron chi connectivity index (χ4n) is 0.760. The first kappa shape index (κ1) is 8.27. The third-order valence-corrected chi connectivity index (χ3v) is 1.70. The molecule has 1 unspecified atom stereocenters. The van der Waals surface area contributed by atoms with E-state index in [-0.39, 0.29) is 5.56 Å². The summed E-state index contributed by atoms with van der Waals surface area (Å²) in [5.74, 6) is -0.421. The maximum absolute atomic E-state index is 12.8. The number of halogens is 1. The molecule has 1 aromatic rings. The second-order valence-corrected chi connectivity index (χ2v) is 2.56. The molecule has 0 spiro atoms. The van der Waals surface area contributed by atoms with Crippen molar-refractivity contribution in [2.75, 3.05) is 0 Å². The van der Waals surface area contributed by atoms with Gasteiger partial charge in [0.2, 0.25) is 6.29 Å². The maximum atomic E-state index is 12.8. The van der Waals surface area contributed by atoms with Crippen LogP contribution in [0.15, 0.2) is 24.3 Å². The standard InChI is InChI=1S/C8H6FOS/c9-7-4-2-1-3-6(7)8(11)5-10/h1-4,8,11H. The number of carbonyl (C=O) groups excluding carboxylic acids is 1. The largest absolute Gasteiger partial charge is 0.289 e. The Kier molecular flexibility index (Phi) is 2.65. The van der Waals surface area contributed by atoms with Crippen molar-refractivity contribution in [3.63, 3.8) is 0 Å². The summed E-state index contributed by atoms with van der Waals surface area (Å²) in [6.07, 6.45) is 1.60. The van der Waals surface area contributed by atoms with Crippen LogP contribution >= 0.6 is 12.6 Å². The molecule has 57 valence electrons. The van der Waals surface area contributed by atoms with Crippen molar-refractivity contribution < 1.29 is 9.18 Å². The zero-order chi connectivity index (χ0) is 8.27. The molecule has 3 heteroatoms. The Balaban J connectivity index is 3.02. The van der Waals surface area contributed by atoms with E-state index in [9.17, 15) is 9.18 Å². The van der Waals surface area contributed by atoms with Gasteiger partial charge in [-0.05, 0) is 6.07 Å². The molecule has 0 bridgehead atoms. The summed E-state index contributed by atoms with van der Waals surface area (Å²) in [6.45, 7) is 0. The van der Waals surface area contributed by atoms with Crippen LogP contribution in [-0.2, 0) is 4.79 Å². The third kappa shape index (κ3) is 1.80. The summed E-state index contributed by atoms with van der Waals surface area (Å²) in [5.41, 5.74) is 0.269. The van der Waals surface area contributed by atoms with Crippen LogP contribution in [0.3, 0.4) is 0 Å². The van der Waals surface area contributed by atoms with Gasteiger partial charge in [-0.2, -0.15) is 12.6 Å². The second kappa shape index (κ2) is 3.53. The van der Waals surface area contributed by atoms with Crippen LogP contribution in [0, 0.1) is 5.82 Å². The Morgan fingerprint density at radius 3 is 2.64 bits per heavy atom. The van der Waals surface area contributed by atoms with Crippen molar-refractivity contribution >= 4 is 18.9 Å². The lowest BCUT2D eigenvalue weighted by Crippen LogP contribution is -1.94. The minimum atomic E-state index is -0.781. The minimum Gasteiger partial charge on any atom is -0.289 e. The zero-order valence-corrected chi connectivity index (χ0v) is 6.51. The van der Waals surface area contributed by atoms with E-state index < -0.39 is 11.1 Å². The SMILES string of the molecule is O=[C]C(S)c1ccccc1F. The van der Waals surface area contributed by atoms with Crippen molar-refractivity contribution in [1.82, 2.24) is 0 Å². The normalized spacial score (nSPS) is 12.5. The first-order chi connectivity index (χ1) is 5.25. The average Bonchev–Trinajstić information content (AvgIpc) is 2.04. The van der Waals surface area contributed by atoms with Crippen molar-refractivity contribution in [3.05, 3.63) is 35.6 Å². The van der Waals surface area contributed by atoms with E-state index in [2.05, 4.69) is 12.6 Å². The van der Waals surface area contributed by atoms with Crippen molar-refractivity contribution in [2.45, 2.75) is 5.25 Å². The monoisotopic (exact) mass is 169 g/mol. The van der Waals surface area contributed by atoms with E-state index in [0.717, 1.165) is 0 Å². The Hall–Kier alpha value is -0.830. The van der Waals surface area contributed by atoms with E-state index in [1.165, 1.54) is 12.1 Å². The van der Waals surface area contributed by atoms with Crippen molar-refractivity contribution in [1.29, 1.82) is 0 Å². The van der Waals surface area contributed by atoms with Crippen LogP contribution in [0.1, 0.15) is 10.8 Å². The topological polar surface area (TPSA) is 17.1 Å². The lowest BCUT2D eigenvalue weighted by atomic mass is 10.1. The molecule has 1 radical (unpaired) electrons. The van der Waals surface area contributed by atoms with Gasteiger partial charge in [0.1, 0.15) is 5.82 Å². The van der Waals surface area contributed by atoms with Crippen molar-refractivity contribution in [2.24, 2.45) is 0 Å². The van der Waals surface area contributed by atoms with Crippen LogP contribution in [0.4, 0.5) is 4.39 Å². The van der Waals surface area contributed by atoms with Crippen LogP contribution in [0.5, 0.6) is 0 Å². The predicted octanol–water partition coefficient (Wildman–Crippen LogP) is 1.91. The molecule has 1 aromatic carbocycles. The Morgan fingerprint density at radius 1 is 1.45 bits per heavy atom. The molecular formula is C8H6FOS. The van der Waals surface area contributed by atoms with Crippen molar-refractivity contribution in [3.8, 4) is 0 Å². The summed E-state index contributed by atoms with van der Waals surface area (Å²) in [4.78, 5) is 10.1. The Labute approximate surface area is 69.6 Å². The van der Waals surface area contributed by atoms with Gasteiger partial charge in [0.25, 0.3) is 0 Å². The highest BCUT2D eigenvalue weighted by Gasteiger charge is 2.09. The fourth-order valence-corrected chi connectivity index (χ4v) is 0.970. The smallest absolute Gasteiger partial charge is 0.217 e. The quantitative estimate of drug-likeness (QED) is 0.669. The number of benzene rings is 1. The van der Waals surface area contributed by atoms with Crippen LogP contribution in [-0.4, -0.2) is 6.29 Å². The van der Waals surface area contributed by atoms with E-state index in [4.69, 9.17) is 0 Å². The number of hydrogen-bond acceptors (Lipinski definition) is 2. The summed E-state index contributed by atoms with van der Waals surface area (Å²) in [5, 5.41) is -0.781. The summed E-state index contributed by atoms with van der Waals surface area (Å²) in [7, 11) is 0. The van der Waals surface area contributed by atoms with Gasteiger partial charge in [0, 0.05) is 5.56 Å². The molecule has 11 heavy (non-hydrogen) atoms. The molecule has 0 amide bonds. The molecule has 0 aliphatic rings. The molecule has 0 aliphatic carbocycles. The first-order valence-electron chi connectivity index (χ1n) is 3.06. The van der Waals surface area contributed by atoms with Gasteiger partial charge in [-0.3, -0.25) is 4.79 Å². The van der Waals surface area contributed by atoms with Gasteiger partial charge >= 0.3 is 0 Å². The second-order valence-electron chi connectivity index (χ2n) is 2.04. The van der Waals surface area contributed by atoms with Gasteiger partial charge < -0.3 is 0 Å². The molecule has 1 nitrogen and oxygen atoms in total. The lowest BCUT2D eigenvalue weighted by molar-refractivity contribution is 0.551. The molecule has 0 aliphatic heterocycles. The summed E-state index contributed by atoms with van der Waals surface area (Å²) in [6, 6.07) is 6.01. The zero-order valence-electron chi connectivity index (χ0n) is 5.62. The number of thiol groups is 1. The van der Waals surface area contributed by atoms with E-state index >= 15 is 0 Å². The first-order valence-corrected chi connectivity index (χ1v) is 3.57. The Morgan fingerprint density at radius 2 is 2.09 bits per heavy atom. The molecule has 0 saturated carbocycles.